The molecule has 2 nitrogen and oxygen atoms in total. The van der Waals surface area contributed by atoms with Gasteiger partial charge in [-0.1, -0.05) is 18.2 Å². The second kappa shape index (κ2) is 4.96. The van der Waals surface area contributed by atoms with Gasteiger partial charge >= 0.3 is 0 Å². The van der Waals surface area contributed by atoms with Gasteiger partial charge in [-0.05, 0) is 29.8 Å². The van der Waals surface area contributed by atoms with Crippen molar-refractivity contribution in [1.82, 2.24) is 0 Å². The number of Topliss-reactive ketones (excluding diaryl/α,β-unsaturated/α-hetero) is 1. The Labute approximate surface area is 103 Å². The monoisotopic (exact) mass is 247 g/mol. The van der Waals surface area contributed by atoms with Crippen LogP contribution in [-0.4, -0.2) is 5.78 Å². The minimum Gasteiger partial charge on any atom is -0.396 e. The summed E-state index contributed by atoms with van der Waals surface area (Å²) in [5, 5.41) is 0. The highest BCUT2D eigenvalue weighted by Gasteiger charge is 2.13. The summed E-state index contributed by atoms with van der Waals surface area (Å²) in [7, 11) is 0. The maximum atomic E-state index is 13.2. The maximum absolute atomic E-state index is 13.2. The Kier molecular flexibility index (Phi) is 3.37. The van der Waals surface area contributed by atoms with Gasteiger partial charge in [-0.25, -0.2) is 8.78 Å². The molecule has 0 radical (unpaired) electrons. The predicted molar refractivity (Wildman–Crippen MR) is 65.2 cm³/mol. The molecule has 4 heteroatoms. The van der Waals surface area contributed by atoms with Crippen LogP contribution in [0.3, 0.4) is 0 Å². The van der Waals surface area contributed by atoms with Crippen LogP contribution in [0.1, 0.15) is 15.9 Å². The average Bonchev–Trinajstić information content (AvgIpc) is 2.35. The molecule has 0 fully saturated rings. The second-order valence-electron chi connectivity index (χ2n) is 3.93. The van der Waals surface area contributed by atoms with Crippen LogP contribution < -0.4 is 5.73 Å². The Bertz CT molecular complexity index is 579. The van der Waals surface area contributed by atoms with Crippen LogP contribution in [-0.2, 0) is 6.42 Å². The number of nitrogens with two attached hydrogens (primary N) is 1. The molecule has 18 heavy (non-hydrogen) atoms. The van der Waals surface area contributed by atoms with E-state index in [4.69, 9.17) is 5.73 Å². The van der Waals surface area contributed by atoms with Crippen LogP contribution in [0.15, 0.2) is 42.5 Å². The Morgan fingerprint density at radius 2 is 1.72 bits per heavy atom. The highest BCUT2D eigenvalue weighted by atomic mass is 19.1. The number of para-hydroxylation sites is 1. The molecule has 0 heterocycles. The first-order chi connectivity index (χ1) is 8.58. The predicted octanol–water partition coefficient (Wildman–Crippen LogP) is 2.97. The molecule has 2 rings (SSSR count). The molecule has 0 aliphatic heterocycles. The topological polar surface area (TPSA) is 43.1 Å². The number of anilines is 1. The number of ketones is 1. The van der Waals surface area contributed by atoms with Crippen LogP contribution in [0.25, 0.3) is 0 Å². The van der Waals surface area contributed by atoms with Gasteiger partial charge in [-0.15, -0.1) is 0 Å². The summed E-state index contributed by atoms with van der Waals surface area (Å²) >= 11 is 0. The third kappa shape index (κ3) is 2.53. The molecule has 0 bridgehead atoms. The molecular formula is C14H11F2NO. The van der Waals surface area contributed by atoms with Crippen molar-refractivity contribution in [3.8, 4) is 0 Å². The molecule has 0 saturated carbocycles. The molecule has 0 aromatic heterocycles. The minimum atomic E-state index is -0.611. The van der Waals surface area contributed by atoms with Gasteiger partial charge in [0.25, 0.3) is 0 Å². The maximum Gasteiger partial charge on any atom is 0.169 e. The zero-order chi connectivity index (χ0) is 13.1. The van der Waals surface area contributed by atoms with Crippen LogP contribution in [0.2, 0.25) is 0 Å². The molecule has 0 aliphatic carbocycles. The average molecular weight is 247 g/mol. The quantitative estimate of drug-likeness (QED) is 0.669. The van der Waals surface area contributed by atoms with E-state index in [-0.39, 0.29) is 29.3 Å². The number of benzene rings is 2. The van der Waals surface area contributed by atoms with E-state index >= 15 is 0 Å². The number of hydrogen-bond donors (Lipinski definition) is 1. The standard InChI is InChI=1S/C14H11F2NO/c15-10-6-4-9(5-7-10)8-13(18)11-2-1-3-12(16)14(11)17/h1-7H,8,17H2. The highest BCUT2D eigenvalue weighted by Crippen LogP contribution is 2.18. The summed E-state index contributed by atoms with van der Waals surface area (Å²) < 4.78 is 25.9. The van der Waals surface area contributed by atoms with Crippen LogP contribution in [0.5, 0.6) is 0 Å². The van der Waals surface area contributed by atoms with Crippen LogP contribution in [0, 0.1) is 11.6 Å². The number of carbonyl (C=O) groups is 1. The van der Waals surface area contributed by atoms with E-state index in [1.54, 1.807) is 0 Å². The molecule has 0 aliphatic rings. The van der Waals surface area contributed by atoms with E-state index < -0.39 is 5.82 Å². The van der Waals surface area contributed by atoms with Gasteiger partial charge in [0.15, 0.2) is 5.78 Å². The molecule has 2 aromatic rings. The van der Waals surface area contributed by atoms with Crippen molar-refractivity contribution < 1.29 is 13.6 Å². The Hall–Kier alpha value is -2.23. The van der Waals surface area contributed by atoms with Crippen molar-refractivity contribution in [2.24, 2.45) is 0 Å². The zero-order valence-electron chi connectivity index (χ0n) is 9.49. The van der Waals surface area contributed by atoms with E-state index in [0.29, 0.717) is 5.56 Å². The molecule has 2 aromatic carbocycles. The molecule has 0 atom stereocenters. The zero-order valence-corrected chi connectivity index (χ0v) is 9.49. The van der Waals surface area contributed by atoms with E-state index in [2.05, 4.69) is 0 Å². The van der Waals surface area contributed by atoms with Gasteiger partial charge in [0.2, 0.25) is 0 Å². The summed E-state index contributed by atoms with van der Waals surface area (Å²) in [6.45, 7) is 0. The molecule has 0 amide bonds. The van der Waals surface area contributed by atoms with E-state index in [1.807, 2.05) is 0 Å². The van der Waals surface area contributed by atoms with Crippen molar-refractivity contribution >= 4 is 11.5 Å². The molecular weight excluding hydrogens is 236 g/mol. The molecule has 2 N–H and O–H groups in total. The van der Waals surface area contributed by atoms with Crippen molar-refractivity contribution in [2.75, 3.05) is 5.73 Å². The van der Waals surface area contributed by atoms with Crippen molar-refractivity contribution in [1.29, 1.82) is 0 Å². The second-order valence-corrected chi connectivity index (χ2v) is 3.93. The fraction of sp³-hybridized carbons (Fsp3) is 0.0714. The number of nitrogen functional groups attached to an aromatic ring is 1. The smallest absolute Gasteiger partial charge is 0.169 e. The van der Waals surface area contributed by atoms with Gasteiger partial charge in [-0.2, -0.15) is 0 Å². The van der Waals surface area contributed by atoms with Crippen molar-refractivity contribution in [2.45, 2.75) is 6.42 Å². The van der Waals surface area contributed by atoms with Gasteiger partial charge in [0.1, 0.15) is 11.6 Å². The molecule has 0 spiro atoms. The van der Waals surface area contributed by atoms with E-state index in [9.17, 15) is 13.6 Å². The van der Waals surface area contributed by atoms with Gasteiger partial charge in [0, 0.05) is 12.0 Å². The summed E-state index contributed by atoms with van der Waals surface area (Å²) in [5.41, 5.74) is 6.17. The summed E-state index contributed by atoms with van der Waals surface area (Å²) in [4.78, 5) is 11.9. The summed E-state index contributed by atoms with van der Waals surface area (Å²) in [6, 6.07) is 9.69. The molecule has 0 unspecified atom stereocenters. The first-order valence-electron chi connectivity index (χ1n) is 5.39. The Morgan fingerprint density at radius 1 is 1.06 bits per heavy atom. The third-order valence-corrected chi connectivity index (χ3v) is 2.63. The molecule has 92 valence electrons. The Morgan fingerprint density at radius 3 is 2.39 bits per heavy atom. The number of halogens is 2. The number of rotatable bonds is 3. The van der Waals surface area contributed by atoms with Crippen LogP contribution in [0.4, 0.5) is 14.5 Å². The SMILES string of the molecule is Nc1c(F)cccc1C(=O)Cc1ccc(F)cc1. The number of carbonyl (C=O) groups excluding carboxylic acids is 1. The lowest BCUT2D eigenvalue weighted by atomic mass is 10.0. The summed E-state index contributed by atoms with van der Waals surface area (Å²) in [6.07, 6.45) is 0.0634. The largest absolute Gasteiger partial charge is 0.396 e. The lowest BCUT2D eigenvalue weighted by Crippen LogP contribution is -2.08. The van der Waals surface area contributed by atoms with Gasteiger partial charge in [-0.3, -0.25) is 4.79 Å². The first kappa shape index (κ1) is 12.2. The first-order valence-corrected chi connectivity index (χ1v) is 5.39. The fourth-order valence-electron chi connectivity index (χ4n) is 1.66. The molecule has 0 saturated heterocycles. The van der Waals surface area contributed by atoms with Crippen molar-refractivity contribution in [3.05, 3.63) is 65.2 Å². The lowest BCUT2D eigenvalue weighted by molar-refractivity contribution is 0.0993. The van der Waals surface area contributed by atoms with Gasteiger partial charge < -0.3 is 5.73 Å². The third-order valence-electron chi connectivity index (χ3n) is 2.63. The normalized spacial score (nSPS) is 10.3. The Balaban J connectivity index is 2.22. The fourth-order valence-corrected chi connectivity index (χ4v) is 1.66. The number of hydrogen-bond acceptors (Lipinski definition) is 2. The van der Waals surface area contributed by atoms with Gasteiger partial charge in [0.05, 0.1) is 5.69 Å². The van der Waals surface area contributed by atoms with E-state index in [0.717, 1.165) is 0 Å². The van der Waals surface area contributed by atoms with Crippen molar-refractivity contribution in [3.63, 3.8) is 0 Å². The minimum absolute atomic E-state index is 0.0634. The summed E-state index contributed by atoms with van der Waals surface area (Å²) in [5.74, 6) is -1.27. The highest BCUT2D eigenvalue weighted by molar-refractivity contribution is 6.01. The van der Waals surface area contributed by atoms with Crippen LogP contribution >= 0.6 is 0 Å². The lowest BCUT2D eigenvalue weighted by Gasteiger charge is -2.05. The van der Waals surface area contributed by atoms with E-state index in [1.165, 1.54) is 42.5 Å².